The van der Waals surface area contributed by atoms with Gasteiger partial charge in [0.2, 0.25) is 0 Å². The van der Waals surface area contributed by atoms with Gasteiger partial charge in [-0.05, 0) is 59.0 Å². The van der Waals surface area contributed by atoms with Crippen LogP contribution in [0.5, 0.6) is 5.75 Å². The van der Waals surface area contributed by atoms with Crippen LogP contribution in [0.1, 0.15) is 39.2 Å². The molecule has 1 rings (SSSR count). The molecule has 8 heteroatoms. The zero-order valence-electron chi connectivity index (χ0n) is 13.5. The van der Waals surface area contributed by atoms with Gasteiger partial charge in [0, 0.05) is 0 Å². The minimum Gasteiger partial charge on any atom is -0.483 e. The quantitative estimate of drug-likeness (QED) is 0.514. The Morgan fingerprint density at radius 3 is 2.38 bits per heavy atom. The summed E-state index contributed by atoms with van der Waals surface area (Å²) in [5.74, 6) is -1.00. The van der Waals surface area contributed by atoms with Gasteiger partial charge in [-0.1, -0.05) is 32.4 Å². The fraction of sp³-hybridized carbons (Fsp3) is 0.562. The van der Waals surface area contributed by atoms with Crippen LogP contribution >= 0.6 is 34.2 Å². The maximum atomic E-state index is 12.4. The Bertz CT molecular complexity index is 605. The first-order chi connectivity index (χ1) is 10.9. The van der Waals surface area contributed by atoms with E-state index < -0.39 is 24.2 Å². The van der Waals surface area contributed by atoms with E-state index in [0.29, 0.717) is 15.6 Å². The van der Waals surface area contributed by atoms with Crippen molar-refractivity contribution in [2.75, 3.05) is 6.61 Å². The van der Waals surface area contributed by atoms with Crippen LogP contribution in [0.25, 0.3) is 0 Å². The molecule has 136 valence electrons. The third-order valence-electron chi connectivity index (χ3n) is 3.71. The van der Waals surface area contributed by atoms with E-state index in [2.05, 4.69) is 0 Å². The molecule has 0 saturated carbocycles. The largest absolute Gasteiger partial charge is 0.483 e. The lowest BCUT2D eigenvalue weighted by Crippen LogP contribution is -2.36. The fourth-order valence-corrected chi connectivity index (χ4v) is 3.31. The van der Waals surface area contributed by atoms with Crippen molar-refractivity contribution in [3.63, 3.8) is 0 Å². The lowest BCUT2D eigenvalue weighted by molar-refractivity contribution is -0.153. The molecule has 1 N–H and O–H groups in total. The Balaban J connectivity index is 3.40. The van der Waals surface area contributed by atoms with Gasteiger partial charge in [-0.25, -0.2) is 0 Å². The standard InChI is InChI=1S/C16H19ClF3IO3/c1-4-15(14(22)23,7-9(2)3)10-5-11(17)13(21)12(6-10)24-8-16(18,19)20/h5-6,9H,4,7-8H2,1-3H3,(H,22,23). The second kappa shape index (κ2) is 8.12. The SMILES string of the molecule is CCC(CC(C)C)(C(=O)O)c1cc(Cl)c(I)c(OCC(F)(F)F)c1. The summed E-state index contributed by atoms with van der Waals surface area (Å²) in [5, 5.41) is 9.94. The van der Waals surface area contributed by atoms with Crippen LogP contribution in [0.3, 0.4) is 0 Å². The highest BCUT2D eigenvalue weighted by molar-refractivity contribution is 14.1. The van der Waals surface area contributed by atoms with Crippen molar-refractivity contribution in [3.8, 4) is 5.75 Å². The number of carboxylic acids is 1. The molecule has 3 nitrogen and oxygen atoms in total. The maximum Gasteiger partial charge on any atom is 0.422 e. The number of rotatable bonds is 7. The minimum absolute atomic E-state index is 0.0572. The van der Waals surface area contributed by atoms with Crippen LogP contribution in [0, 0.1) is 9.49 Å². The second-order valence-electron chi connectivity index (χ2n) is 6.01. The van der Waals surface area contributed by atoms with Crippen molar-refractivity contribution in [3.05, 3.63) is 26.3 Å². The average molecular weight is 479 g/mol. The molecule has 0 heterocycles. The summed E-state index contributed by atoms with van der Waals surface area (Å²) >= 11 is 7.90. The van der Waals surface area contributed by atoms with Gasteiger partial charge in [0.25, 0.3) is 0 Å². The van der Waals surface area contributed by atoms with Crippen LogP contribution in [0.2, 0.25) is 5.02 Å². The minimum atomic E-state index is -4.49. The van der Waals surface area contributed by atoms with E-state index in [1.54, 1.807) is 29.5 Å². The van der Waals surface area contributed by atoms with Crippen LogP contribution in [-0.4, -0.2) is 23.9 Å². The second-order valence-corrected chi connectivity index (χ2v) is 7.50. The van der Waals surface area contributed by atoms with E-state index in [-0.39, 0.29) is 23.1 Å². The van der Waals surface area contributed by atoms with Gasteiger partial charge in [-0.2, -0.15) is 13.2 Å². The molecular weight excluding hydrogens is 460 g/mol. The smallest absolute Gasteiger partial charge is 0.422 e. The third-order valence-corrected chi connectivity index (χ3v) is 5.44. The van der Waals surface area contributed by atoms with Gasteiger partial charge in [0.1, 0.15) is 5.75 Å². The monoisotopic (exact) mass is 478 g/mol. The normalized spacial score (nSPS) is 14.5. The number of benzene rings is 1. The van der Waals surface area contributed by atoms with Gasteiger partial charge < -0.3 is 9.84 Å². The Hall–Kier alpha value is -0.700. The molecule has 0 amide bonds. The number of aliphatic carboxylic acids is 1. The summed E-state index contributed by atoms with van der Waals surface area (Å²) < 4.78 is 42.4. The summed E-state index contributed by atoms with van der Waals surface area (Å²) in [6, 6.07) is 2.86. The molecule has 1 atom stereocenters. The molecule has 0 radical (unpaired) electrons. The van der Waals surface area contributed by atoms with Gasteiger partial charge in [-0.15, -0.1) is 0 Å². The third kappa shape index (κ3) is 5.15. The van der Waals surface area contributed by atoms with Gasteiger partial charge in [0.15, 0.2) is 6.61 Å². The summed E-state index contributed by atoms with van der Waals surface area (Å²) in [6.45, 7) is 4.06. The predicted octanol–water partition coefficient (Wildman–Crippen LogP) is 5.66. The molecule has 1 aromatic rings. The number of ether oxygens (including phenoxy) is 1. The van der Waals surface area contributed by atoms with Gasteiger partial charge >= 0.3 is 12.1 Å². The molecule has 0 aromatic heterocycles. The van der Waals surface area contributed by atoms with Crippen molar-refractivity contribution in [1.29, 1.82) is 0 Å². The number of hydrogen-bond donors (Lipinski definition) is 1. The molecule has 0 fully saturated rings. The number of hydrogen-bond acceptors (Lipinski definition) is 2. The Morgan fingerprint density at radius 1 is 1.38 bits per heavy atom. The van der Waals surface area contributed by atoms with E-state index in [9.17, 15) is 23.1 Å². The fourth-order valence-electron chi connectivity index (χ4n) is 2.63. The van der Waals surface area contributed by atoms with Crippen LogP contribution in [-0.2, 0) is 10.2 Å². The first-order valence-corrected chi connectivity index (χ1v) is 8.81. The molecule has 0 saturated heterocycles. The predicted molar refractivity (Wildman–Crippen MR) is 94.8 cm³/mol. The van der Waals surface area contributed by atoms with Crippen molar-refractivity contribution in [2.24, 2.45) is 5.92 Å². The Labute approximate surface area is 157 Å². The molecule has 0 bridgehead atoms. The average Bonchev–Trinajstić information content (AvgIpc) is 2.44. The van der Waals surface area contributed by atoms with E-state index in [4.69, 9.17) is 16.3 Å². The van der Waals surface area contributed by atoms with E-state index in [1.807, 2.05) is 13.8 Å². The molecule has 0 spiro atoms. The van der Waals surface area contributed by atoms with Crippen molar-refractivity contribution < 1.29 is 27.8 Å². The first-order valence-electron chi connectivity index (χ1n) is 7.35. The number of carbonyl (C=O) groups is 1. The molecule has 24 heavy (non-hydrogen) atoms. The van der Waals surface area contributed by atoms with Crippen molar-refractivity contribution in [1.82, 2.24) is 0 Å². The molecule has 0 aliphatic heterocycles. The summed E-state index contributed by atoms with van der Waals surface area (Å²) in [5.41, 5.74) is -0.868. The molecular formula is C16H19ClF3IO3. The highest BCUT2D eigenvalue weighted by Crippen LogP contribution is 2.41. The van der Waals surface area contributed by atoms with E-state index >= 15 is 0 Å². The first kappa shape index (κ1) is 21.3. The van der Waals surface area contributed by atoms with Gasteiger partial charge in [0.05, 0.1) is 14.0 Å². The zero-order chi connectivity index (χ0) is 18.7. The van der Waals surface area contributed by atoms with Crippen LogP contribution in [0.15, 0.2) is 12.1 Å². The molecule has 1 aromatic carbocycles. The van der Waals surface area contributed by atoms with E-state index in [1.165, 1.54) is 12.1 Å². The lowest BCUT2D eigenvalue weighted by atomic mass is 9.72. The topological polar surface area (TPSA) is 46.5 Å². The Morgan fingerprint density at radius 2 is 1.96 bits per heavy atom. The zero-order valence-corrected chi connectivity index (χ0v) is 16.4. The van der Waals surface area contributed by atoms with Gasteiger partial charge in [-0.3, -0.25) is 4.79 Å². The van der Waals surface area contributed by atoms with Crippen LogP contribution in [0.4, 0.5) is 13.2 Å². The maximum absolute atomic E-state index is 12.4. The Kier molecular flexibility index (Phi) is 7.22. The molecule has 0 aliphatic rings. The number of halogens is 5. The highest BCUT2D eigenvalue weighted by atomic mass is 127. The van der Waals surface area contributed by atoms with E-state index in [0.717, 1.165) is 0 Å². The number of alkyl halides is 3. The lowest BCUT2D eigenvalue weighted by Gasteiger charge is -2.31. The molecule has 1 unspecified atom stereocenters. The summed E-state index contributed by atoms with van der Waals surface area (Å²) in [4.78, 5) is 11.9. The highest BCUT2D eigenvalue weighted by Gasteiger charge is 2.40. The summed E-state index contributed by atoms with van der Waals surface area (Å²) in [7, 11) is 0. The summed E-state index contributed by atoms with van der Waals surface area (Å²) in [6.07, 6.45) is -3.86. The number of carboxylic acid groups (broad SMARTS) is 1. The molecule has 0 aliphatic carbocycles. The van der Waals surface area contributed by atoms with Crippen LogP contribution < -0.4 is 4.74 Å². The van der Waals surface area contributed by atoms with Crippen molar-refractivity contribution in [2.45, 2.75) is 45.2 Å². The van der Waals surface area contributed by atoms with Crippen molar-refractivity contribution >= 4 is 40.2 Å².